The minimum absolute atomic E-state index is 0.170. The second-order valence-corrected chi connectivity index (χ2v) is 8.40. The highest BCUT2D eigenvalue weighted by molar-refractivity contribution is 5.89. The molecule has 5 nitrogen and oxygen atoms in total. The highest BCUT2D eigenvalue weighted by Crippen LogP contribution is 2.30. The van der Waals surface area contributed by atoms with Crippen LogP contribution in [0, 0.1) is 23.2 Å². The molecule has 0 saturated carbocycles. The van der Waals surface area contributed by atoms with E-state index in [2.05, 4.69) is 6.07 Å². The molecular formula is C24H26F2N2O3. The fourth-order valence-electron chi connectivity index (χ4n) is 3.80. The van der Waals surface area contributed by atoms with E-state index in [9.17, 15) is 18.8 Å². The van der Waals surface area contributed by atoms with Gasteiger partial charge in [-0.15, -0.1) is 4.89 Å². The predicted molar refractivity (Wildman–Crippen MR) is 112 cm³/mol. The monoisotopic (exact) mass is 428 g/mol. The van der Waals surface area contributed by atoms with E-state index in [1.54, 1.807) is 29.2 Å². The molecule has 1 aliphatic rings. The van der Waals surface area contributed by atoms with Gasteiger partial charge in [-0.25, -0.2) is 13.6 Å². The van der Waals surface area contributed by atoms with Crippen molar-refractivity contribution in [2.45, 2.75) is 32.3 Å². The molecule has 7 heteroatoms. The second-order valence-electron chi connectivity index (χ2n) is 8.40. The molecule has 3 unspecified atom stereocenters. The number of benzene rings is 2. The Bertz CT molecular complexity index is 907. The van der Waals surface area contributed by atoms with Crippen LogP contribution in [0.2, 0.25) is 0 Å². The number of hydrogen-bond donors (Lipinski definition) is 0. The molecular weight excluding hydrogens is 402 g/mol. The van der Waals surface area contributed by atoms with Gasteiger partial charge in [-0.05, 0) is 50.1 Å². The molecule has 3 atom stereocenters. The van der Waals surface area contributed by atoms with Crippen molar-refractivity contribution in [3.8, 4) is 17.2 Å². The van der Waals surface area contributed by atoms with Gasteiger partial charge in [-0.3, -0.25) is 9.79 Å². The van der Waals surface area contributed by atoms with Crippen molar-refractivity contribution in [2.24, 2.45) is 11.8 Å². The van der Waals surface area contributed by atoms with Gasteiger partial charge in [0.15, 0.2) is 0 Å². The van der Waals surface area contributed by atoms with E-state index in [4.69, 9.17) is 9.78 Å². The van der Waals surface area contributed by atoms with Crippen molar-refractivity contribution in [1.82, 2.24) is 4.90 Å². The van der Waals surface area contributed by atoms with Crippen LogP contribution in [0.4, 0.5) is 8.78 Å². The van der Waals surface area contributed by atoms with E-state index in [1.807, 2.05) is 30.3 Å². The minimum Gasteiger partial charge on any atom is -0.299 e. The Balaban J connectivity index is 1.53. The van der Waals surface area contributed by atoms with E-state index >= 15 is 0 Å². The normalized spacial score (nSPS) is 20.6. The van der Waals surface area contributed by atoms with Crippen molar-refractivity contribution in [3.05, 3.63) is 60.2 Å². The summed E-state index contributed by atoms with van der Waals surface area (Å²) in [5.74, 6) is -2.25. The number of alkyl halides is 2. The molecule has 1 saturated heterocycles. The molecule has 0 bridgehead atoms. The topological polar surface area (TPSA) is 62.6 Å². The molecule has 1 aliphatic heterocycles. The molecule has 1 heterocycles. The zero-order chi connectivity index (χ0) is 22.4. The van der Waals surface area contributed by atoms with Gasteiger partial charge in [0.05, 0.1) is 17.6 Å². The van der Waals surface area contributed by atoms with Crippen LogP contribution in [0.25, 0.3) is 11.1 Å². The van der Waals surface area contributed by atoms with Crippen LogP contribution in [-0.4, -0.2) is 42.5 Å². The van der Waals surface area contributed by atoms with Crippen LogP contribution in [0.1, 0.15) is 30.6 Å². The zero-order valence-corrected chi connectivity index (χ0v) is 17.6. The summed E-state index contributed by atoms with van der Waals surface area (Å²) in [5, 5.41) is 9.40. The molecule has 0 aliphatic carbocycles. The molecule has 0 radical (unpaired) electrons. The number of carbonyl (C=O) groups excluding carboxylic acids is 1. The van der Waals surface area contributed by atoms with E-state index < -0.39 is 29.8 Å². The van der Waals surface area contributed by atoms with Crippen LogP contribution >= 0.6 is 0 Å². The molecule has 2 aromatic rings. The van der Waals surface area contributed by atoms with Crippen molar-refractivity contribution in [2.75, 3.05) is 19.6 Å². The maximum Gasteiger partial charge on any atom is 0.373 e. The molecule has 0 aromatic heterocycles. The average molecular weight is 428 g/mol. The number of nitriles is 1. The summed E-state index contributed by atoms with van der Waals surface area (Å²) in [6, 6.07) is 18.4. The number of piperidine rings is 1. The van der Waals surface area contributed by atoms with E-state index in [0.717, 1.165) is 11.1 Å². The first-order valence-corrected chi connectivity index (χ1v) is 10.2. The quantitative estimate of drug-likeness (QED) is 0.461. The number of rotatable bonds is 7. The van der Waals surface area contributed by atoms with Gasteiger partial charge in [0, 0.05) is 19.0 Å². The molecule has 164 valence electrons. The van der Waals surface area contributed by atoms with E-state index in [-0.39, 0.29) is 18.7 Å². The minimum atomic E-state index is -1.93. The van der Waals surface area contributed by atoms with Crippen LogP contribution in [0.15, 0.2) is 54.6 Å². The summed E-state index contributed by atoms with van der Waals surface area (Å²) < 4.78 is 28.5. The molecule has 2 aromatic carbocycles. The summed E-state index contributed by atoms with van der Waals surface area (Å²) in [7, 11) is 0. The van der Waals surface area contributed by atoms with Crippen molar-refractivity contribution < 1.29 is 23.4 Å². The van der Waals surface area contributed by atoms with Gasteiger partial charge >= 0.3 is 5.97 Å². The molecule has 3 rings (SSSR count). The van der Waals surface area contributed by atoms with Crippen molar-refractivity contribution in [3.63, 3.8) is 0 Å². The molecule has 0 N–H and O–H groups in total. The lowest BCUT2D eigenvalue weighted by atomic mass is 9.86. The summed E-state index contributed by atoms with van der Waals surface area (Å²) in [6.45, 7) is 3.78. The van der Waals surface area contributed by atoms with Crippen LogP contribution < -0.4 is 0 Å². The first-order valence-electron chi connectivity index (χ1n) is 10.2. The van der Waals surface area contributed by atoms with Crippen LogP contribution in [-0.2, 0) is 9.78 Å². The number of likely N-dealkylation sites (tertiary alicyclic amines) is 1. The third-order valence-electron chi connectivity index (χ3n) is 5.30. The number of carbonyl (C=O) groups is 1. The smallest absolute Gasteiger partial charge is 0.299 e. The number of nitrogens with zero attached hydrogens (tertiary/aromatic N) is 2. The Hall–Kier alpha value is -2.82. The highest BCUT2D eigenvalue weighted by atomic mass is 19.1. The van der Waals surface area contributed by atoms with Crippen LogP contribution in [0.3, 0.4) is 0 Å². The van der Waals surface area contributed by atoms with Crippen molar-refractivity contribution in [1.29, 1.82) is 5.26 Å². The van der Waals surface area contributed by atoms with Crippen LogP contribution in [0.5, 0.6) is 0 Å². The number of halogens is 2. The maximum atomic E-state index is 14.6. The Morgan fingerprint density at radius 3 is 2.45 bits per heavy atom. The Labute approximate surface area is 181 Å². The average Bonchev–Trinajstić information content (AvgIpc) is 2.76. The van der Waals surface area contributed by atoms with E-state index in [1.165, 1.54) is 13.8 Å². The second kappa shape index (κ2) is 9.99. The van der Waals surface area contributed by atoms with E-state index in [0.29, 0.717) is 13.0 Å². The largest absolute Gasteiger partial charge is 0.373 e. The van der Waals surface area contributed by atoms with Gasteiger partial charge in [0.25, 0.3) is 0 Å². The SMILES string of the molecule is CC(C)(F)CN1CCC(C(F)OOC(=O)c2ccc(-c3ccccc3)cc2)C(C#N)C1. The summed E-state index contributed by atoms with van der Waals surface area (Å²) >= 11 is 0. The Morgan fingerprint density at radius 1 is 1.19 bits per heavy atom. The zero-order valence-electron chi connectivity index (χ0n) is 17.6. The molecule has 1 fully saturated rings. The predicted octanol–water partition coefficient (Wildman–Crippen LogP) is 4.95. The lowest BCUT2D eigenvalue weighted by molar-refractivity contribution is -0.324. The summed E-state index contributed by atoms with van der Waals surface area (Å²) in [4.78, 5) is 23.4. The molecule has 31 heavy (non-hydrogen) atoms. The molecule has 0 spiro atoms. The standard InChI is InChI=1S/C24H26F2N2O3/c1-24(2,26)16-28-13-12-21(20(14-27)15-28)22(25)30-31-23(29)19-10-8-18(9-11-19)17-6-4-3-5-7-17/h3-11,20-22H,12-13,15-16H2,1-2H3. The maximum absolute atomic E-state index is 14.6. The third kappa shape index (κ3) is 6.33. The fourth-order valence-corrected chi connectivity index (χ4v) is 3.80. The van der Waals surface area contributed by atoms with Gasteiger partial charge in [-0.2, -0.15) is 5.26 Å². The first-order chi connectivity index (χ1) is 14.8. The Kier molecular flexibility index (Phi) is 7.37. The molecule has 0 amide bonds. The van der Waals surface area contributed by atoms with Gasteiger partial charge < -0.3 is 0 Å². The fraction of sp³-hybridized carbons (Fsp3) is 0.417. The first kappa shape index (κ1) is 22.9. The number of hydrogen-bond acceptors (Lipinski definition) is 5. The van der Waals surface area contributed by atoms with Gasteiger partial charge in [0.2, 0.25) is 6.36 Å². The summed E-state index contributed by atoms with van der Waals surface area (Å²) in [5.41, 5.74) is 0.766. The van der Waals surface area contributed by atoms with Crippen molar-refractivity contribution >= 4 is 5.97 Å². The lowest BCUT2D eigenvalue weighted by Crippen LogP contribution is -2.47. The third-order valence-corrected chi connectivity index (χ3v) is 5.30. The van der Waals surface area contributed by atoms with Gasteiger partial charge in [-0.1, -0.05) is 42.5 Å². The highest BCUT2D eigenvalue weighted by Gasteiger charge is 2.38. The Morgan fingerprint density at radius 2 is 1.84 bits per heavy atom. The summed E-state index contributed by atoms with van der Waals surface area (Å²) in [6.07, 6.45) is -1.63. The lowest BCUT2D eigenvalue weighted by Gasteiger charge is -2.37. The van der Waals surface area contributed by atoms with Gasteiger partial charge in [0.1, 0.15) is 5.67 Å².